The van der Waals surface area contributed by atoms with Gasteiger partial charge in [-0.2, -0.15) is 0 Å². The molecular formula is C17H29N3O2. The molecular weight excluding hydrogens is 278 g/mol. The number of aryl methyl sites for hydroxylation is 1. The van der Waals surface area contributed by atoms with E-state index in [1.165, 1.54) is 5.56 Å². The van der Waals surface area contributed by atoms with Crippen molar-refractivity contribution in [3.63, 3.8) is 0 Å². The summed E-state index contributed by atoms with van der Waals surface area (Å²) in [5.41, 5.74) is 1.32. The third-order valence-corrected chi connectivity index (χ3v) is 3.97. The second-order valence-electron chi connectivity index (χ2n) is 5.20. The Balaban J connectivity index is 0.000000847. The number of ether oxygens (including phenoxy) is 2. The van der Waals surface area contributed by atoms with Gasteiger partial charge in [-0.25, -0.2) is 4.98 Å². The molecule has 1 aromatic rings. The highest BCUT2D eigenvalue weighted by molar-refractivity contribution is 5.54. The molecule has 3 rings (SSSR count). The summed E-state index contributed by atoms with van der Waals surface area (Å²) in [5.74, 6) is 2.21. The highest BCUT2D eigenvalue weighted by Crippen LogP contribution is 2.24. The van der Waals surface area contributed by atoms with Crippen LogP contribution in [-0.2, 0) is 15.9 Å². The second-order valence-corrected chi connectivity index (χ2v) is 5.20. The van der Waals surface area contributed by atoms with Crippen molar-refractivity contribution in [3.8, 4) is 0 Å². The van der Waals surface area contributed by atoms with Gasteiger partial charge in [-0.3, -0.25) is 0 Å². The van der Waals surface area contributed by atoms with E-state index in [0.717, 1.165) is 70.7 Å². The van der Waals surface area contributed by atoms with E-state index >= 15 is 0 Å². The van der Waals surface area contributed by atoms with Crippen LogP contribution in [0.5, 0.6) is 0 Å². The fourth-order valence-corrected chi connectivity index (χ4v) is 2.76. The first-order valence-electron chi connectivity index (χ1n) is 8.54. The lowest BCUT2D eigenvalue weighted by Gasteiger charge is -2.32. The quantitative estimate of drug-likeness (QED) is 0.857. The lowest BCUT2D eigenvalue weighted by atomic mass is 10.2. The molecule has 0 radical (unpaired) electrons. The van der Waals surface area contributed by atoms with Gasteiger partial charge in [-0.1, -0.05) is 26.8 Å². The summed E-state index contributed by atoms with van der Waals surface area (Å²) in [5, 5.41) is 0. The van der Waals surface area contributed by atoms with Gasteiger partial charge < -0.3 is 19.3 Å². The Labute approximate surface area is 134 Å². The Kier molecular flexibility index (Phi) is 6.93. The Bertz CT molecular complexity index is 442. The summed E-state index contributed by atoms with van der Waals surface area (Å²) in [6.45, 7) is 13.1. The third-order valence-electron chi connectivity index (χ3n) is 3.97. The Morgan fingerprint density at radius 2 is 1.45 bits per heavy atom. The number of aromatic nitrogens is 1. The first-order valence-corrected chi connectivity index (χ1v) is 8.54. The third kappa shape index (κ3) is 4.11. The van der Waals surface area contributed by atoms with Gasteiger partial charge >= 0.3 is 0 Å². The number of hydrogen-bond acceptors (Lipinski definition) is 5. The van der Waals surface area contributed by atoms with Gasteiger partial charge in [0.2, 0.25) is 0 Å². The highest BCUT2D eigenvalue weighted by Gasteiger charge is 2.19. The molecule has 1 aromatic heterocycles. The minimum Gasteiger partial charge on any atom is -0.378 e. The Hall–Kier alpha value is -1.33. The molecule has 0 amide bonds. The first kappa shape index (κ1) is 17.0. The van der Waals surface area contributed by atoms with E-state index in [0.29, 0.717) is 0 Å². The van der Waals surface area contributed by atoms with Gasteiger partial charge in [0.15, 0.2) is 0 Å². The molecule has 0 aromatic carbocycles. The average Bonchev–Trinajstić information content (AvgIpc) is 2.64. The molecule has 2 fully saturated rings. The lowest BCUT2D eigenvalue weighted by Crippen LogP contribution is -2.39. The molecule has 5 nitrogen and oxygen atoms in total. The van der Waals surface area contributed by atoms with Crippen molar-refractivity contribution >= 4 is 11.6 Å². The number of anilines is 2. The van der Waals surface area contributed by atoms with Crippen LogP contribution in [0.4, 0.5) is 11.6 Å². The van der Waals surface area contributed by atoms with Crippen molar-refractivity contribution < 1.29 is 9.47 Å². The van der Waals surface area contributed by atoms with Crippen molar-refractivity contribution in [1.82, 2.24) is 4.98 Å². The average molecular weight is 307 g/mol. The van der Waals surface area contributed by atoms with Gasteiger partial charge in [0.05, 0.1) is 26.4 Å². The van der Waals surface area contributed by atoms with E-state index < -0.39 is 0 Å². The van der Waals surface area contributed by atoms with Crippen LogP contribution in [0.3, 0.4) is 0 Å². The number of nitrogens with zero attached hydrogens (tertiary/aromatic N) is 3. The van der Waals surface area contributed by atoms with Gasteiger partial charge in [0, 0.05) is 26.2 Å². The highest BCUT2D eigenvalue weighted by atomic mass is 16.5. The predicted octanol–water partition coefficient (Wildman–Crippen LogP) is 2.34. The van der Waals surface area contributed by atoms with E-state index in [-0.39, 0.29) is 0 Å². The van der Waals surface area contributed by atoms with Gasteiger partial charge in [-0.15, -0.1) is 0 Å². The van der Waals surface area contributed by atoms with E-state index in [4.69, 9.17) is 14.5 Å². The van der Waals surface area contributed by atoms with Gasteiger partial charge in [0.25, 0.3) is 0 Å². The van der Waals surface area contributed by atoms with Crippen LogP contribution in [0.1, 0.15) is 26.3 Å². The van der Waals surface area contributed by atoms with E-state index in [1.807, 2.05) is 13.8 Å². The zero-order valence-electron chi connectivity index (χ0n) is 14.2. The number of morpholine rings is 2. The normalized spacial score (nSPS) is 18.7. The van der Waals surface area contributed by atoms with Crippen molar-refractivity contribution in [2.24, 2.45) is 0 Å². The van der Waals surface area contributed by atoms with Crippen molar-refractivity contribution in [1.29, 1.82) is 0 Å². The molecule has 0 aliphatic carbocycles. The molecule has 2 aliphatic heterocycles. The molecule has 2 saturated heterocycles. The standard InChI is InChI=1S/C15H23N3O2.C2H6/c1-2-13-3-4-14(17-5-9-19-10-6-17)16-15(13)18-7-11-20-12-8-18;1-2/h3-4H,2,5-12H2,1H3;1-2H3. The number of pyridine rings is 1. The number of hydrogen-bond donors (Lipinski definition) is 0. The zero-order valence-corrected chi connectivity index (χ0v) is 14.2. The van der Waals surface area contributed by atoms with Gasteiger partial charge in [0.1, 0.15) is 11.6 Å². The van der Waals surface area contributed by atoms with E-state index in [9.17, 15) is 0 Å². The van der Waals surface area contributed by atoms with E-state index in [2.05, 4.69) is 28.9 Å². The first-order chi connectivity index (χ1) is 10.9. The molecule has 0 bridgehead atoms. The van der Waals surface area contributed by atoms with E-state index in [1.54, 1.807) is 0 Å². The second kappa shape index (κ2) is 8.96. The summed E-state index contributed by atoms with van der Waals surface area (Å²) in [6.07, 6.45) is 1.02. The van der Waals surface area contributed by atoms with Gasteiger partial charge in [-0.05, 0) is 18.1 Å². The van der Waals surface area contributed by atoms with Crippen LogP contribution in [0.2, 0.25) is 0 Å². The lowest BCUT2D eigenvalue weighted by molar-refractivity contribution is 0.121. The fraction of sp³-hybridized carbons (Fsp3) is 0.706. The van der Waals surface area contributed by atoms with Crippen molar-refractivity contribution in [2.45, 2.75) is 27.2 Å². The summed E-state index contributed by atoms with van der Waals surface area (Å²) >= 11 is 0. The van der Waals surface area contributed by atoms with Crippen LogP contribution in [0.25, 0.3) is 0 Å². The SMILES string of the molecule is CC.CCc1ccc(N2CCOCC2)nc1N1CCOCC1. The summed E-state index contributed by atoms with van der Waals surface area (Å²) in [7, 11) is 0. The Morgan fingerprint density at radius 3 is 2.00 bits per heavy atom. The monoisotopic (exact) mass is 307 g/mol. The number of rotatable bonds is 3. The maximum absolute atomic E-state index is 5.44. The largest absolute Gasteiger partial charge is 0.378 e. The molecule has 22 heavy (non-hydrogen) atoms. The minimum absolute atomic E-state index is 0.796. The minimum atomic E-state index is 0.796. The molecule has 0 spiro atoms. The smallest absolute Gasteiger partial charge is 0.134 e. The molecule has 0 N–H and O–H groups in total. The van der Waals surface area contributed by atoms with Crippen molar-refractivity contribution in [3.05, 3.63) is 17.7 Å². The molecule has 0 saturated carbocycles. The van der Waals surface area contributed by atoms with Crippen molar-refractivity contribution in [2.75, 3.05) is 62.4 Å². The maximum Gasteiger partial charge on any atom is 0.134 e. The van der Waals surface area contributed by atoms with Crippen LogP contribution >= 0.6 is 0 Å². The molecule has 3 heterocycles. The molecule has 2 aliphatic rings. The molecule has 0 atom stereocenters. The summed E-state index contributed by atoms with van der Waals surface area (Å²) in [4.78, 5) is 9.60. The summed E-state index contributed by atoms with van der Waals surface area (Å²) in [6, 6.07) is 4.37. The predicted molar refractivity (Wildman–Crippen MR) is 91.0 cm³/mol. The Morgan fingerprint density at radius 1 is 0.909 bits per heavy atom. The van der Waals surface area contributed by atoms with Crippen LogP contribution in [0.15, 0.2) is 12.1 Å². The molecule has 124 valence electrons. The fourth-order valence-electron chi connectivity index (χ4n) is 2.76. The maximum atomic E-state index is 5.44. The van der Waals surface area contributed by atoms with Crippen LogP contribution in [-0.4, -0.2) is 57.6 Å². The molecule has 5 heteroatoms. The summed E-state index contributed by atoms with van der Waals surface area (Å²) < 4.78 is 10.9. The topological polar surface area (TPSA) is 37.8 Å². The molecule has 0 unspecified atom stereocenters. The van der Waals surface area contributed by atoms with Crippen LogP contribution in [0, 0.1) is 0 Å². The van der Waals surface area contributed by atoms with Crippen LogP contribution < -0.4 is 9.80 Å². The zero-order chi connectivity index (χ0) is 15.8.